The minimum atomic E-state index is -4.45. The molecule has 1 aliphatic heterocycles. The van der Waals surface area contributed by atoms with Crippen LogP contribution in [0.25, 0.3) is 0 Å². The third kappa shape index (κ3) is 2.80. The molecule has 1 saturated heterocycles. The minimum absolute atomic E-state index is 0.129. The zero-order chi connectivity index (χ0) is 15.9. The second-order valence-corrected chi connectivity index (χ2v) is 5.77. The molecule has 0 bridgehead atoms. The van der Waals surface area contributed by atoms with Crippen molar-refractivity contribution < 1.29 is 22.3 Å². The minimum Gasteiger partial charge on any atom is -0.423 e. The van der Waals surface area contributed by atoms with E-state index in [1.807, 2.05) is 0 Å². The molecular formula is C12H13F3N4O2S. The van der Waals surface area contributed by atoms with Gasteiger partial charge in [0.1, 0.15) is 6.04 Å². The number of anilines is 1. The molecule has 0 aromatic carbocycles. The van der Waals surface area contributed by atoms with E-state index in [2.05, 4.69) is 15.2 Å². The maximum atomic E-state index is 12.7. The number of hydrogen-bond donors (Lipinski definition) is 0. The number of rotatable bonds is 3. The summed E-state index contributed by atoms with van der Waals surface area (Å²) >= 11 is 0.941. The van der Waals surface area contributed by atoms with E-state index < -0.39 is 11.9 Å². The summed E-state index contributed by atoms with van der Waals surface area (Å²) in [6, 6.07) is -0.335. The van der Waals surface area contributed by atoms with Crippen LogP contribution in [0.3, 0.4) is 0 Å². The summed E-state index contributed by atoms with van der Waals surface area (Å²) in [7, 11) is 1.56. The lowest BCUT2D eigenvalue weighted by Crippen LogP contribution is -2.25. The Morgan fingerprint density at radius 1 is 1.41 bits per heavy atom. The van der Waals surface area contributed by atoms with Crippen molar-refractivity contribution in [1.82, 2.24) is 15.2 Å². The Bertz CT molecular complexity index is 657. The summed E-state index contributed by atoms with van der Waals surface area (Å²) in [6.07, 6.45) is -4.03. The van der Waals surface area contributed by atoms with Crippen LogP contribution >= 0.6 is 11.3 Å². The van der Waals surface area contributed by atoms with Gasteiger partial charge in [-0.25, -0.2) is 4.98 Å². The first-order chi connectivity index (χ1) is 10.4. The van der Waals surface area contributed by atoms with E-state index in [4.69, 9.17) is 9.15 Å². The van der Waals surface area contributed by atoms with E-state index in [0.717, 1.165) is 16.7 Å². The molecule has 3 rings (SSSR count). The first-order valence-electron chi connectivity index (χ1n) is 6.50. The fourth-order valence-electron chi connectivity index (χ4n) is 2.39. The molecule has 120 valence electrons. The highest BCUT2D eigenvalue weighted by Gasteiger charge is 2.40. The molecule has 22 heavy (non-hydrogen) atoms. The van der Waals surface area contributed by atoms with Crippen molar-refractivity contribution in [2.45, 2.75) is 31.7 Å². The number of hydrogen-bond acceptors (Lipinski definition) is 7. The van der Waals surface area contributed by atoms with Gasteiger partial charge in [-0.2, -0.15) is 13.2 Å². The maximum absolute atomic E-state index is 12.7. The molecule has 0 amide bonds. The van der Waals surface area contributed by atoms with E-state index >= 15 is 0 Å². The van der Waals surface area contributed by atoms with Crippen LogP contribution in [0.2, 0.25) is 0 Å². The van der Waals surface area contributed by atoms with Gasteiger partial charge < -0.3 is 14.1 Å². The summed E-state index contributed by atoms with van der Waals surface area (Å²) in [5.41, 5.74) is -0.895. The quantitative estimate of drug-likeness (QED) is 0.860. The molecule has 2 aromatic heterocycles. The smallest absolute Gasteiger partial charge is 0.423 e. The van der Waals surface area contributed by atoms with Crippen molar-refractivity contribution in [2.24, 2.45) is 0 Å². The molecular weight excluding hydrogens is 321 g/mol. The van der Waals surface area contributed by atoms with E-state index in [-0.39, 0.29) is 17.3 Å². The van der Waals surface area contributed by atoms with Crippen molar-refractivity contribution in [3.63, 3.8) is 0 Å². The van der Waals surface area contributed by atoms with Gasteiger partial charge in [0.15, 0.2) is 10.8 Å². The molecule has 0 saturated carbocycles. The Morgan fingerprint density at radius 2 is 2.18 bits per heavy atom. The van der Waals surface area contributed by atoms with Gasteiger partial charge in [-0.05, 0) is 0 Å². The van der Waals surface area contributed by atoms with Crippen LogP contribution in [0.4, 0.5) is 18.3 Å². The van der Waals surface area contributed by atoms with Crippen LogP contribution in [0.15, 0.2) is 9.80 Å². The molecule has 0 unspecified atom stereocenters. The van der Waals surface area contributed by atoms with Gasteiger partial charge in [-0.3, -0.25) is 0 Å². The molecule has 0 aliphatic carbocycles. The van der Waals surface area contributed by atoms with Gasteiger partial charge >= 0.3 is 6.18 Å². The van der Waals surface area contributed by atoms with E-state index in [0.29, 0.717) is 24.7 Å². The average Bonchev–Trinajstić information content (AvgIpc) is 3.15. The molecule has 0 spiro atoms. The van der Waals surface area contributed by atoms with Crippen LogP contribution in [0.1, 0.15) is 29.9 Å². The Balaban J connectivity index is 1.91. The molecule has 0 N–H and O–H groups in total. The number of thiazole rings is 1. The number of nitrogens with zero attached hydrogens (tertiary/aromatic N) is 4. The fourth-order valence-corrected chi connectivity index (χ4v) is 3.28. The number of alkyl halides is 3. The molecule has 2 aromatic rings. The molecule has 10 heteroatoms. The van der Waals surface area contributed by atoms with Crippen molar-refractivity contribution in [1.29, 1.82) is 0 Å². The van der Waals surface area contributed by atoms with Gasteiger partial charge in [0, 0.05) is 32.4 Å². The number of methoxy groups -OCH3 is 1. The highest BCUT2D eigenvalue weighted by atomic mass is 32.1. The average molecular weight is 334 g/mol. The second-order valence-electron chi connectivity index (χ2n) is 4.93. The Morgan fingerprint density at radius 3 is 2.73 bits per heavy atom. The zero-order valence-corrected chi connectivity index (χ0v) is 12.6. The van der Waals surface area contributed by atoms with E-state index in [1.165, 1.54) is 0 Å². The van der Waals surface area contributed by atoms with Crippen molar-refractivity contribution in [3.05, 3.63) is 22.9 Å². The van der Waals surface area contributed by atoms with Gasteiger partial charge in [0.2, 0.25) is 11.8 Å². The zero-order valence-electron chi connectivity index (χ0n) is 11.8. The van der Waals surface area contributed by atoms with Crippen molar-refractivity contribution in [2.75, 3.05) is 18.6 Å². The monoisotopic (exact) mass is 334 g/mol. The first-order valence-corrected chi connectivity index (χ1v) is 7.38. The maximum Gasteiger partial charge on any atom is 0.434 e. The SMILES string of the molecule is CO[C@@H]1C[C@H](c2nnc(C)o2)N(c2nc(C(F)(F)F)cs2)C1. The Labute approximate surface area is 127 Å². The van der Waals surface area contributed by atoms with Crippen LogP contribution < -0.4 is 4.90 Å². The second kappa shape index (κ2) is 5.51. The number of halogens is 3. The van der Waals surface area contributed by atoms with Crippen molar-refractivity contribution >= 4 is 16.5 Å². The summed E-state index contributed by atoms with van der Waals surface area (Å²) < 4.78 is 48.9. The summed E-state index contributed by atoms with van der Waals surface area (Å²) in [6.45, 7) is 2.09. The normalized spacial score (nSPS) is 22.5. The highest BCUT2D eigenvalue weighted by molar-refractivity contribution is 7.13. The first kappa shape index (κ1) is 15.2. The molecule has 0 radical (unpaired) electrons. The lowest BCUT2D eigenvalue weighted by molar-refractivity contribution is -0.140. The third-order valence-corrected chi connectivity index (χ3v) is 4.33. The Hall–Kier alpha value is -1.68. The van der Waals surface area contributed by atoms with Crippen LogP contribution in [-0.2, 0) is 10.9 Å². The number of aryl methyl sites for hydroxylation is 1. The van der Waals surface area contributed by atoms with Crippen LogP contribution in [0.5, 0.6) is 0 Å². The molecule has 1 fully saturated rings. The van der Waals surface area contributed by atoms with E-state index in [9.17, 15) is 13.2 Å². The number of aromatic nitrogens is 3. The standard InChI is InChI=1S/C12H13F3N4O2S/c1-6-17-18-10(21-6)8-3-7(20-2)4-19(8)11-16-9(5-22-11)12(13,14)15/h5,7-8H,3-4H2,1-2H3/t7-,8-/m1/s1. The van der Waals surface area contributed by atoms with Gasteiger partial charge in [-0.1, -0.05) is 0 Å². The Kier molecular flexibility index (Phi) is 3.81. The molecule has 6 nitrogen and oxygen atoms in total. The van der Waals surface area contributed by atoms with Gasteiger partial charge in [0.05, 0.1) is 6.10 Å². The largest absolute Gasteiger partial charge is 0.434 e. The number of ether oxygens (including phenoxy) is 1. The molecule has 3 heterocycles. The molecule has 1 aliphatic rings. The summed E-state index contributed by atoms with van der Waals surface area (Å²) in [4.78, 5) is 5.41. The highest BCUT2D eigenvalue weighted by Crippen LogP contribution is 2.40. The predicted molar refractivity (Wildman–Crippen MR) is 71.7 cm³/mol. The lowest BCUT2D eigenvalue weighted by atomic mass is 10.2. The molecule has 2 atom stereocenters. The summed E-state index contributed by atoms with van der Waals surface area (Å²) in [5, 5.41) is 9.02. The third-order valence-electron chi connectivity index (χ3n) is 3.45. The van der Waals surface area contributed by atoms with Crippen molar-refractivity contribution in [3.8, 4) is 0 Å². The van der Waals surface area contributed by atoms with Gasteiger partial charge in [0.25, 0.3) is 0 Å². The topological polar surface area (TPSA) is 64.3 Å². The van der Waals surface area contributed by atoms with E-state index in [1.54, 1.807) is 18.9 Å². The lowest BCUT2D eigenvalue weighted by Gasteiger charge is -2.20. The summed E-state index contributed by atoms with van der Waals surface area (Å²) in [5.74, 6) is 0.770. The van der Waals surface area contributed by atoms with Gasteiger partial charge in [-0.15, -0.1) is 21.5 Å². The van der Waals surface area contributed by atoms with Crippen LogP contribution in [-0.4, -0.2) is 34.9 Å². The predicted octanol–water partition coefficient (Wildman–Crippen LogP) is 2.82. The fraction of sp³-hybridized carbons (Fsp3) is 0.583. The van der Waals surface area contributed by atoms with Crippen LogP contribution in [0, 0.1) is 6.92 Å².